The molecule has 3 N–H and O–H groups in total. The average Bonchev–Trinajstić information content (AvgIpc) is 3.13. The van der Waals surface area contributed by atoms with E-state index in [0.717, 1.165) is 38.9 Å². The number of hydrogen-bond donors (Lipinski definition) is 3. The van der Waals surface area contributed by atoms with Crippen molar-refractivity contribution in [1.29, 1.82) is 0 Å². The normalized spacial score (nSPS) is 19.1. The summed E-state index contributed by atoms with van der Waals surface area (Å²) in [5.41, 5.74) is 6.59. The van der Waals surface area contributed by atoms with Gasteiger partial charge in [-0.1, -0.05) is 116 Å². The Hall–Kier alpha value is -4.31. The quantitative estimate of drug-likeness (QED) is 0.138. The van der Waals surface area contributed by atoms with E-state index in [1.165, 1.54) is 6.08 Å². The van der Waals surface area contributed by atoms with Crippen LogP contribution in [0.5, 0.6) is 0 Å². The van der Waals surface area contributed by atoms with Gasteiger partial charge in [-0.3, -0.25) is 4.90 Å². The van der Waals surface area contributed by atoms with E-state index in [0.29, 0.717) is 19.5 Å². The lowest BCUT2D eigenvalue weighted by atomic mass is 9.97. The van der Waals surface area contributed by atoms with Crippen molar-refractivity contribution < 1.29 is 29.2 Å². The molecule has 0 aliphatic carbocycles. The number of rotatable bonds is 13. The van der Waals surface area contributed by atoms with E-state index in [1.54, 1.807) is 0 Å². The monoisotopic (exact) mass is 636 g/mol. The first-order valence-electron chi connectivity index (χ1n) is 16.0. The molecule has 1 aliphatic heterocycles. The van der Waals surface area contributed by atoms with Gasteiger partial charge in [0.25, 0.3) is 0 Å². The van der Waals surface area contributed by atoms with Crippen LogP contribution in [0.2, 0.25) is 0 Å². The average molecular weight is 637 g/mol. The minimum atomic E-state index is -0.637. The number of carbonyl (C=O) groups excluding carboxylic acids is 1. The van der Waals surface area contributed by atoms with E-state index in [-0.39, 0.29) is 31.5 Å². The van der Waals surface area contributed by atoms with Crippen molar-refractivity contribution in [2.75, 3.05) is 20.2 Å². The van der Waals surface area contributed by atoms with Crippen molar-refractivity contribution in [3.8, 4) is 11.1 Å². The van der Waals surface area contributed by atoms with Crippen LogP contribution in [-0.2, 0) is 27.4 Å². The zero-order chi connectivity index (χ0) is 33.2. The molecule has 1 fully saturated rings. The number of aliphatic hydroxyl groups excluding tert-OH is 2. The molecule has 246 valence electrons. The molecule has 1 aliphatic rings. The summed E-state index contributed by atoms with van der Waals surface area (Å²) in [6.07, 6.45) is 0.0429. The van der Waals surface area contributed by atoms with Gasteiger partial charge in [0.2, 0.25) is 0 Å². The van der Waals surface area contributed by atoms with Crippen molar-refractivity contribution in [2.24, 2.45) is 0 Å². The molecule has 5 rings (SSSR count). The van der Waals surface area contributed by atoms with Crippen LogP contribution in [0.4, 0.5) is 4.79 Å². The number of carbonyl (C=O) groups is 1. The van der Waals surface area contributed by atoms with Gasteiger partial charge in [-0.25, -0.2) is 4.79 Å². The van der Waals surface area contributed by atoms with Crippen molar-refractivity contribution in [1.82, 2.24) is 10.2 Å². The fraction of sp³-hybridized carbons (Fsp3) is 0.308. The first kappa shape index (κ1) is 34.0. The predicted molar refractivity (Wildman–Crippen MR) is 182 cm³/mol. The molecule has 1 amide bonds. The largest absolute Gasteiger partial charge is 0.445 e. The number of amides is 1. The minimum Gasteiger partial charge on any atom is -0.445 e. The molecule has 0 bridgehead atoms. The van der Waals surface area contributed by atoms with E-state index in [2.05, 4.69) is 16.8 Å². The molecule has 0 spiro atoms. The van der Waals surface area contributed by atoms with Crippen molar-refractivity contribution in [3.63, 3.8) is 0 Å². The summed E-state index contributed by atoms with van der Waals surface area (Å²) in [6.45, 7) is 6.66. The highest BCUT2D eigenvalue weighted by Crippen LogP contribution is 2.39. The first-order chi connectivity index (χ1) is 22.9. The second-order valence-electron chi connectivity index (χ2n) is 11.9. The van der Waals surface area contributed by atoms with Crippen LogP contribution in [0.3, 0.4) is 0 Å². The smallest absolute Gasteiger partial charge is 0.407 e. The molecular formula is C39H44N2O6. The second kappa shape index (κ2) is 16.5. The van der Waals surface area contributed by atoms with E-state index in [9.17, 15) is 15.0 Å². The fourth-order valence-electron chi connectivity index (χ4n) is 5.82. The second-order valence-corrected chi connectivity index (χ2v) is 11.9. The van der Waals surface area contributed by atoms with Crippen LogP contribution in [0.25, 0.3) is 11.1 Å². The Balaban J connectivity index is 1.33. The fourth-order valence-corrected chi connectivity index (χ4v) is 5.82. The number of alkyl carbamates (subject to hydrolysis) is 1. The van der Waals surface area contributed by atoms with Crippen LogP contribution in [0.15, 0.2) is 116 Å². The number of ether oxygens (including phenoxy) is 3. The van der Waals surface area contributed by atoms with Gasteiger partial charge in [0.1, 0.15) is 6.61 Å². The molecule has 0 aromatic heterocycles. The van der Waals surface area contributed by atoms with E-state index in [1.807, 2.05) is 117 Å². The summed E-state index contributed by atoms with van der Waals surface area (Å²) in [4.78, 5) is 14.1. The highest BCUT2D eigenvalue weighted by Gasteiger charge is 2.34. The molecule has 0 unspecified atom stereocenters. The predicted octanol–water partition coefficient (Wildman–Crippen LogP) is 6.86. The number of nitrogens with one attached hydrogen (secondary N) is 1. The Bertz CT molecular complexity index is 1580. The van der Waals surface area contributed by atoms with E-state index < -0.39 is 18.5 Å². The number of nitrogens with zero attached hydrogens (tertiary/aromatic N) is 1. The van der Waals surface area contributed by atoms with Crippen molar-refractivity contribution >= 4 is 6.09 Å². The third-order valence-electron chi connectivity index (χ3n) is 8.67. The molecule has 47 heavy (non-hydrogen) atoms. The molecule has 5 atom stereocenters. The molecule has 8 nitrogen and oxygen atoms in total. The molecule has 0 saturated carbocycles. The Labute approximate surface area is 277 Å². The van der Waals surface area contributed by atoms with Gasteiger partial charge in [0.15, 0.2) is 6.29 Å². The SMILES string of the molecule is C=CCOC(=O)NCc1ccccc1-c1ccc([C@H]2O[C@@H](CN(C)[C@H](C)[C@@H](O)c3ccccc3)C[C@@H](c3ccc(CO)cc3)O2)cc1. The van der Waals surface area contributed by atoms with Gasteiger partial charge in [0, 0.05) is 31.1 Å². The van der Waals surface area contributed by atoms with Crippen LogP contribution in [0.1, 0.15) is 59.7 Å². The van der Waals surface area contributed by atoms with Crippen LogP contribution >= 0.6 is 0 Å². The summed E-state index contributed by atoms with van der Waals surface area (Å²) in [5, 5.41) is 23.4. The summed E-state index contributed by atoms with van der Waals surface area (Å²) in [7, 11) is 2.01. The minimum absolute atomic E-state index is 0.0163. The summed E-state index contributed by atoms with van der Waals surface area (Å²) in [5.74, 6) is 0. The lowest BCUT2D eigenvalue weighted by Gasteiger charge is -2.39. The maximum absolute atomic E-state index is 12.0. The van der Waals surface area contributed by atoms with E-state index >= 15 is 0 Å². The van der Waals surface area contributed by atoms with Crippen LogP contribution in [0, 0.1) is 0 Å². The third-order valence-corrected chi connectivity index (χ3v) is 8.67. The Morgan fingerprint density at radius 2 is 1.66 bits per heavy atom. The van der Waals surface area contributed by atoms with Gasteiger partial charge in [-0.05, 0) is 47.4 Å². The number of benzene rings is 4. The third kappa shape index (κ3) is 8.94. The number of likely N-dealkylation sites (N-methyl/N-ethyl adjacent to an activating group) is 1. The van der Waals surface area contributed by atoms with Gasteiger partial charge in [0.05, 0.1) is 24.9 Å². The molecule has 8 heteroatoms. The van der Waals surface area contributed by atoms with Crippen molar-refractivity contribution in [2.45, 2.75) is 57.1 Å². The molecule has 0 radical (unpaired) electrons. The number of hydrogen-bond acceptors (Lipinski definition) is 7. The maximum atomic E-state index is 12.0. The highest BCUT2D eigenvalue weighted by molar-refractivity contribution is 5.70. The standard InChI is InChI=1S/C39H44N2O6/c1-4-22-45-39(44)40-24-33-12-8-9-13-35(33)29-18-20-32(21-19-29)38-46-34(23-36(47-38)30-16-14-28(26-42)15-17-30)25-41(3)27(2)37(43)31-10-6-5-7-11-31/h4-21,27,34,36-38,42-43H,1,22-26H2,2-3H3,(H,40,44)/t27-,34-,36+,37-,38+/m1/s1. The van der Waals surface area contributed by atoms with Gasteiger partial charge >= 0.3 is 6.09 Å². The molecule has 4 aromatic carbocycles. The molecule has 4 aromatic rings. The molecule has 1 saturated heterocycles. The van der Waals surface area contributed by atoms with Gasteiger partial charge in [-0.2, -0.15) is 0 Å². The molecular weight excluding hydrogens is 592 g/mol. The van der Waals surface area contributed by atoms with Gasteiger partial charge in [-0.15, -0.1) is 0 Å². The summed E-state index contributed by atoms with van der Waals surface area (Å²) >= 11 is 0. The summed E-state index contributed by atoms with van der Waals surface area (Å²) in [6, 6.07) is 33.4. The number of aliphatic hydroxyl groups is 2. The lowest BCUT2D eigenvalue weighted by molar-refractivity contribution is -0.253. The maximum Gasteiger partial charge on any atom is 0.407 e. The Morgan fingerprint density at radius 1 is 0.979 bits per heavy atom. The van der Waals surface area contributed by atoms with Crippen LogP contribution < -0.4 is 5.32 Å². The van der Waals surface area contributed by atoms with Crippen LogP contribution in [-0.4, -0.2) is 53.6 Å². The Morgan fingerprint density at radius 3 is 2.36 bits per heavy atom. The highest BCUT2D eigenvalue weighted by atomic mass is 16.7. The van der Waals surface area contributed by atoms with Gasteiger partial charge < -0.3 is 29.7 Å². The zero-order valence-electron chi connectivity index (χ0n) is 27.0. The summed E-state index contributed by atoms with van der Waals surface area (Å²) < 4.78 is 18.2. The van der Waals surface area contributed by atoms with E-state index in [4.69, 9.17) is 14.2 Å². The van der Waals surface area contributed by atoms with Crippen molar-refractivity contribution in [3.05, 3.63) is 144 Å². The topological polar surface area (TPSA) is 100 Å². The zero-order valence-corrected chi connectivity index (χ0v) is 27.0. The Kier molecular flexibility index (Phi) is 11.9. The molecule has 1 heterocycles. The first-order valence-corrected chi connectivity index (χ1v) is 16.0. The lowest BCUT2D eigenvalue weighted by Crippen LogP contribution is -2.43.